The summed E-state index contributed by atoms with van der Waals surface area (Å²) in [6.45, 7) is 4.58. The van der Waals surface area contributed by atoms with Gasteiger partial charge in [-0.15, -0.1) is 24.0 Å². The Morgan fingerprint density at radius 3 is 2.75 bits per heavy atom. The van der Waals surface area contributed by atoms with Crippen LogP contribution in [0, 0.1) is 0 Å². The van der Waals surface area contributed by atoms with Crippen LogP contribution in [0.4, 0.5) is 0 Å². The molecule has 1 fully saturated rings. The van der Waals surface area contributed by atoms with Crippen LogP contribution >= 0.6 is 24.0 Å². The Hall–Kier alpha value is -1.03. The molecular formula is C16H26IN3O3S. The summed E-state index contributed by atoms with van der Waals surface area (Å²) in [5, 5.41) is 6.38. The highest BCUT2D eigenvalue weighted by molar-refractivity contribution is 14.0. The molecule has 2 rings (SSSR count). The highest BCUT2D eigenvalue weighted by Crippen LogP contribution is 2.15. The fourth-order valence-corrected chi connectivity index (χ4v) is 4.16. The number of nitrogens with zero attached hydrogens (tertiary/aromatic N) is 1. The van der Waals surface area contributed by atoms with Crippen LogP contribution in [0.5, 0.6) is 5.75 Å². The van der Waals surface area contributed by atoms with Crippen LogP contribution in [-0.4, -0.2) is 45.1 Å². The minimum atomic E-state index is -2.90. The van der Waals surface area contributed by atoms with Crippen LogP contribution in [-0.2, 0) is 16.4 Å². The molecule has 1 aliphatic heterocycles. The molecule has 1 saturated heterocycles. The number of nitrogens with one attached hydrogen (secondary N) is 2. The first-order chi connectivity index (χ1) is 10.9. The second kappa shape index (κ2) is 9.45. The number of rotatable bonds is 5. The molecule has 6 nitrogen and oxygen atoms in total. The first-order valence-corrected chi connectivity index (χ1v) is 9.63. The summed E-state index contributed by atoms with van der Waals surface area (Å²) in [7, 11) is -1.22. The average molecular weight is 467 g/mol. The Labute approximate surface area is 161 Å². The van der Waals surface area contributed by atoms with Crippen molar-refractivity contribution in [3.05, 3.63) is 29.8 Å². The third-order valence-corrected chi connectivity index (χ3v) is 5.30. The standard InChI is InChI=1S/C16H25N3O3S.HI/c1-12(2)22-15-6-4-5-13(9-15)10-18-16(17-3)19-14-7-8-23(20,21)11-14;/h4-6,9,12,14H,7-8,10-11H2,1-3H3,(H2,17,18,19);1H. The maximum Gasteiger partial charge on any atom is 0.191 e. The van der Waals surface area contributed by atoms with Crippen molar-refractivity contribution in [1.82, 2.24) is 10.6 Å². The first-order valence-electron chi connectivity index (χ1n) is 7.81. The van der Waals surface area contributed by atoms with Gasteiger partial charge >= 0.3 is 0 Å². The molecule has 0 spiro atoms. The van der Waals surface area contributed by atoms with Crippen LogP contribution in [0.3, 0.4) is 0 Å². The normalized spacial score (nSPS) is 19.7. The van der Waals surface area contributed by atoms with Gasteiger partial charge in [-0.1, -0.05) is 12.1 Å². The summed E-state index contributed by atoms with van der Waals surface area (Å²) in [6, 6.07) is 7.81. The Kier molecular flexibility index (Phi) is 8.28. The first kappa shape index (κ1) is 21.0. The molecule has 0 aliphatic carbocycles. The smallest absolute Gasteiger partial charge is 0.191 e. The lowest BCUT2D eigenvalue weighted by Crippen LogP contribution is -2.43. The molecule has 0 saturated carbocycles. The van der Waals surface area contributed by atoms with Crippen LogP contribution in [0.15, 0.2) is 29.3 Å². The molecule has 0 amide bonds. The molecule has 1 aliphatic rings. The van der Waals surface area contributed by atoms with Gasteiger partial charge in [-0.25, -0.2) is 8.42 Å². The van der Waals surface area contributed by atoms with Gasteiger partial charge in [0.2, 0.25) is 0 Å². The second-order valence-corrected chi connectivity index (χ2v) is 8.21. The van der Waals surface area contributed by atoms with Crippen LogP contribution in [0.2, 0.25) is 0 Å². The van der Waals surface area contributed by atoms with E-state index in [2.05, 4.69) is 15.6 Å². The lowest BCUT2D eigenvalue weighted by Gasteiger charge is -2.16. The Balaban J connectivity index is 0.00000288. The lowest BCUT2D eigenvalue weighted by molar-refractivity contribution is 0.242. The van der Waals surface area contributed by atoms with Crippen molar-refractivity contribution in [3.63, 3.8) is 0 Å². The summed E-state index contributed by atoms with van der Waals surface area (Å²) in [5.41, 5.74) is 1.07. The molecule has 1 unspecified atom stereocenters. The number of sulfone groups is 1. The van der Waals surface area contributed by atoms with Crippen molar-refractivity contribution in [1.29, 1.82) is 0 Å². The number of ether oxygens (including phenoxy) is 1. The minimum Gasteiger partial charge on any atom is -0.491 e. The average Bonchev–Trinajstić information content (AvgIpc) is 2.82. The molecule has 0 bridgehead atoms. The third-order valence-electron chi connectivity index (χ3n) is 3.53. The van der Waals surface area contributed by atoms with Crippen LogP contribution in [0.1, 0.15) is 25.8 Å². The number of halogens is 1. The van der Waals surface area contributed by atoms with Gasteiger partial charge in [0, 0.05) is 19.6 Å². The predicted molar refractivity (Wildman–Crippen MR) is 108 cm³/mol. The van der Waals surface area contributed by atoms with E-state index in [1.807, 2.05) is 38.1 Å². The van der Waals surface area contributed by atoms with Crippen molar-refractivity contribution in [2.24, 2.45) is 4.99 Å². The molecule has 2 N–H and O–H groups in total. The van der Waals surface area contributed by atoms with Crippen LogP contribution < -0.4 is 15.4 Å². The van der Waals surface area contributed by atoms with E-state index in [4.69, 9.17) is 4.74 Å². The van der Waals surface area contributed by atoms with Crippen molar-refractivity contribution in [2.45, 2.75) is 39.0 Å². The number of guanidine groups is 1. The van der Waals surface area contributed by atoms with Gasteiger partial charge in [0.15, 0.2) is 15.8 Å². The molecular weight excluding hydrogens is 441 g/mol. The SMILES string of the molecule is CN=C(NCc1cccc(OC(C)C)c1)NC1CCS(=O)(=O)C1.I. The predicted octanol–water partition coefficient (Wildman–Crippen LogP) is 1.94. The van der Waals surface area contributed by atoms with Gasteiger partial charge in [-0.05, 0) is 38.0 Å². The quantitative estimate of drug-likeness (QED) is 0.393. The molecule has 1 aromatic carbocycles. The summed E-state index contributed by atoms with van der Waals surface area (Å²) in [6.07, 6.45) is 0.762. The zero-order valence-electron chi connectivity index (χ0n) is 14.3. The monoisotopic (exact) mass is 467 g/mol. The molecule has 1 heterocycles. The highest BCUT2D eigenvalue weighted by atomic mass is 127. The van der Waals surface area contributed by atoms with Gasteiger partial charge in [0.1, 0.15) is 5.75 Å². The summed E-state index contributed by atoms with van der Waals surface area (Å²) in [5.74, 6) is 1.87. The van der Waals surface area contributed by atoms with E-state index < -0.39 is 9.84 Å². The Bertz CT molecular complexity index is 662. The largest absolute Gasteiger partial charge is 0.491 e. The summed E-state index contributed by atoms with van der Waals surface area (Å²) < 4.78 is 28.7. The van der Waals surface area contributed by atoms with E-state index >= 15 is 0 Å². The van der Waals surface area contributed by atoms with E-state index in [9.17, 15) is 8.42 Å². The number of hydrogen-bond acceptors (Lipinski definition) is 4. The molecule has 1 atom stereocenters. The van der Waals surface area contributed by atoms with Crippen molar-refractivity contribution < 1.29 is 13.2 Å². The summed E-state index contributed by atoms with van der Waals surface area (Å²) >= 11 is 0. The van der Waals surface area contributed by atoms with Gasteiger partial charge in [-0.2, -0.15) is 0 Å². The zero-order valence-corrected chi connectivity index (χ0v) is 17.4. The van der Waals surface area contributed by atoms with E-state index in [0.717, 1.165) is 11.3 Å². The Morgan fingerprint density at radius 2 is 2.17 bits per heavy atom. The molecule has 0 aromatic heterocycles. The lowest BCUT2D eigenvalue weighted by atomic mass is 10.2. The van der Waals surface area contributed by atoms with E-state index in [1.165, 1.54) is 0 Å². The van der Waals surface area contributed by atoms with Crippen molar-refractivity contribution >= 4 is 39.8 Å². The number of aliphatic imine (C=N–C) groups is 1. The Morgan fingerprint density at radius 1 is 1.42 bits per heavy atom. The van der Waals surface area contributed by atoms with Gasteiger partial charge in [0.25, 0.3) is 0 Å². The maximum absolute atomic E-state index is 11.5. The third kappa shape index (κ3) is 6.84. The van der Waals surface area contributed by atoms with Gasteiger partial charge in [-0.3, -0.25) is 4.99 Å². The van der Waals surface area contributed by atoms with E-state index in [-0.39, 0.29) is 47.6 Å². The van der Waals surface area contributed by atoms with Crippen LogP contribution in [0.25, 0.3) is 0 Å². The fourth-order valence-electron chi connectivity index (χ4n) is 2.48. The fraction of sp³-hybridized carbons (Fsp3) is 0.562. The number of hydrogen-bond donors (Lipinski definition) is 2. The second-order valence-electron chi connectivity index (χ2n) is 5.98. The molecule has 1 aromatic rings. The van der Waals surface area contributed by atoms with Crippen molar-refractivity contribution in [3.8, 4) is 5.75 Å². The molecule has 136 valence electrons. The van der Waals surface area contributed by atoms with Gasteiger partial charge < -0.3 is 15.4 Å². The minimum absolute atomic E-state index is 0. The summed E-state index contributed by atoms with van der Waals surface area (Å²) in [4.78, 5) is 4.15. The zero-order chi connectivity index (χ0) is 16.9. The number of benzene rings is 1. The maximum atomic E-state index is 11.5. The van der Waals surface area contributed by atoms with Crippen molar-refractivity contribution in [2.75, 3.05) is 18.6 Å². The molecule has 0 radical (unpaired) electrons. The molecule has 24 heavy (non-hydrogen) atoms. The topological polar surface area (TPSA) is 79.8 Å². The van der Waals surface area contributed by atoms with E-state index in [0.29, 0.717) is 18.9 Å². The van der Waals surface area contributed by atoms with E-state index in [1.54, 1.807) is 7.05 Å². The highest BCUT2D eigenvalue weighted by Gasteiger charge is 2.28. The van der Waals surface area contributed by atoms with Gasteiger partial charge in [0.05, 0.1) is 17.6 Å². The molecule has 8 heteroatoms.